The highest BCUT2D eigenvalue weighted by Crippen LogP contribution is 2.36. The average molecular weight is 612 g/mol. The minimum atomic E-state index is -1.10. The Bertz CT molecular complexity index is 1640. The van der Waals surface area contributed by atoms with Gasteiger partial charge in [-0.2, -0.15) is 14.5 Å². The van der Waals surface area contributed by atoms with E-state index in [4.69, 9.17) is 30.5 Å². The summed E-state index contributed by atoms with van der Waals surface area (Å²) in [5.74, 6) is -0.347. The van der Waals surface area contributed by atoms with E-state index in [1.165, 1.54) is 27.1 Å². The van der Waals surface area contributed by atoms with Crippen LogP contribution in [-0.2, 0) is 46.3 Å². The van der Waals surface area contributed by atoms with Crippen LogP contribution in [0.4, 0.5) is 0 Å². The van der Waals surface area contributed by atoms with Gasteiger partial charge in [0.05, 0.1) is 6.33 Å². The zero-order valence-corrected chi connectivity index (χ0v) is 24.9. The third-order valence-corrected chi connectivity index (χ3v) is 7.06. The molecule has 226 valence electrons. The molecule has 0 bridgehead atoms. The Morgan fingerprint density at radius 2 is 1.74 bits per heavy atom. The molecule has 0 aliphatic carbocycles. The van der Waals surface area contributed by atoms with Crippen LogP contribution in [0, 0.1) is 0 Å². The lowest BCUT2D eigenvalue weighted by Gasteiger charge is -2.23. The molecule has 1 saturated heterocycles. The number of esters is 3. The molecule has 1 fully saturated rings. The van der Waals surface area contributed by atoms with Crippen molar-refractivity contribution in [3.63, 3.8) is 0 Å². The number of nitrogens with zero attached hydrogens (tertiary/aromatic N) is 6. The fraction of sp³-hybridized carbons (Fsp3) is 0.414. The van der Waals surface area contributed by atoms with Crippen LogP contribution in [0.3, 0.4) is 0 Å². The van der Waals surface area contributed by atoms with Gasteiger partial charge in [0.15, 0.2) is 29.6 Å². The fourth-order valence-electron chi connectivity index (χ4n) is 5.21. The van der Waals surface area contributed by atoms with Crippen molar-refractivity contribution in [1.82, 2.24) is 24.1 Å². The normalized spacial score (nSPS) is 19.8. The first-order valence-electron chi connectivity index (χ1n) is 13.8. The van der Waals surface area contributed by atoms with Crippen LogP contribution >= 0.6 is 11.6 Å². The van der Waals surface area contributed by atoms with Gasteiger partial charge in [-0.3, -0.25) is 19.0 Å². The summed E-state index contributed by atoms with van der Waals surface area (Å²) in [7, 11) is 0. The van der Waals surface area contributed by atoms with Gasteiger partial charge >= 0.3 is 17.9 Å². The molecule has 0 N–H and O–H groups in total. The molecule has 4 atom stereocenters. The van der Waals surface area contributed by atoms with E-state index in [-0.39, 0.29) is 11.9 Å². The molecule has 1 aliphatic rings. The molecule has 4 heterocycles. The van der Waals surface area contributed by atoms with Crippen molar-refractivity contribution in [2.45, 2.75) is 71.6 Å². The number of carbonyl (C=O) groups excluding carboxylic acids is 3. The highest BCUT2D eigenvalue weighted by molar-refractivity contribution is 6.28. The minimum absolute atomic E-state index is 0.0370. The van der Waals surface area contributed by atoms with Crippen molar-refractivity contribution in [3.05, 3.63) is 65.7 Å². The van der Waals surface area contributed by atoms with Crippen molar-refractivity contribution in [3.8, 4) is 5.82 Å². The lowest BCUT2D eigenvalue weighted by Crippen LogP contribution is -2.40. The molecule has 0 radical (unpaired) electrons. The van der Waals surface area contributed by atoms with E-state index in [1.54, 1.807) is 4.57 Å². The van der Waals surface area contributed by atoms with Crippen molar-refractivity contribution >= 4 is 40.7 Å². The number of halogens is 1. The molecule has 0 spiro atoms. The van der Waals surface area contributed by atoms with Gasteiger partial charge in [-0.25, -0.2) is 9.55 Å². The van der Waals surface area contributed by atoms with E-state index >= 15 is 0 Å². The quantitative estimate of drug-likeness (QED) is 0.114. The van der Waals surface area contributed by atoms with Gasteiger partial charge < -0.3 is 18.9 Å². The standard InChI is InChI=1S/C29H32ClN6O7/c1-5-9-22-34(14-20-10-7-6-8-11-20)12-13-35(22)26-23-27(33-29(30)32-26)36(16-31-23)28-25(42-19(4)39)24(41-18(3)38)21(43-28)15-40-17(2)37/h6-8,10-13,16,21,24-25,28H,5,9,14-15H2,1-4H3/q+1/t21-,24-,25-,28-/m1/s1. The molecule has 13 nitrogen and oxygen atoms in total. The maximum Gasteiger partial charge on any atom is 0.303 e. The van der Waals surface area contributed by atoms with E-state index in [0.717, 1.165) is 24.2 Å². The zero-order chi connectivity index (χ0) is 30.7. The number of fused-ring (bicyclic) bond motifs is 1. The largest absolute Gasteiger partial charge is 0.463 e. The maximum absolute atomic E-state index is 12.1. The lowest BCUT2D eigenvalue weighted by molar-refractivity contribution is -0.695. The van der Waals surface area contributed by atoms with Gasteiger partial charge in [0.2, 0.25) is 5.28 Å². The summed E-state index contributed by atoms with van der Waals surface area (Å²) in [4.78, 5) is 49.2. The van der Waals surface area contributed by atoms with E-state index in [9.17, 15) is 14.4 Å². The van der Waals surface area contributed by atoms with Gasteiger partial charge in [0.1, 0.15) is 31.6 Å². The summed E-state index contributed by atoms with van der Waals surface area (Å²) in [6, 6.07) is 10.1. The molecule has 43 heavy (non-hydrogen) atoms. The van der Waals surface area contributed by atoms with Gasteiger partial charge in [0.25, 0.3) is 11.6 Å². The monoisotopic (exact) mass is 611 g/mol. The van der Waals surface area contributed by atoms with Gasteiger partial charge in [-0.15, -0.1) is 0 Å². The summed E-state index contributed by atoms with van der Waals surface area (Å²) in [6.45, 7) is 6.23. The molecular formula is C29H32ClN6O7+. The Kier molecular flexibility index (Phi) is 9.02. The summed E-state index contributed by atoms with van der Waals surface area (Å²) in [6.07, 6.45) is 2.85. The smallest absolute Gasteiger partial charge is 0.303 e. The molecule has 4 aromatic rings. The van der Waals surface area contributed by atoms with Crippen molar-refractivity contribution in [2.75, 3.05) is 6.61 Å². The molecule has 0 saturated carbocycles. The topological polar surface area (TPSA) is 141 Å². The molecule has 14 heteroatoms. The van der Waals surface area contributed by atoms with Crippen LogP contribution in [0.1, 0.15) is 51.7 Å². The number of hydrogen-bond donors (Lipinski definition) is 0. The number of rotatable bonds is 10. The lowest BCUT2D eigenvalue weighted by atomic mass is 10.1. The second kappa shape index (κ2) is 12.9. The predicted octanol–water partition coefficient (Wildman–Crippen LogP) is 2.88. The number of imidazole rings is 2. The van der Waals surface area contributed by atoms with Crippen molar-refractivity contribution in [2.24, 2.45) is 0 Å². The zero-order valence-electron chi connectivity index (χ0n) is 24.2. The second-order valence-electron chi connectivity index (χ2n) is 10.1. The Balaban J connectivity index is 1.58. The minimum Gasteiger partial charge on any atom is -0.463 e. The Hall–Kier alpha value is -4.36. The van der Waals surface area contributed by atoms with Crippen LogP contribution in [0.25, 0.3) is 17.0 Å². The Morgan fingerprint density at radius 3 is 2.42 bits per heavy atom. The van der Waals surface area contributed by atoms with E-state index < -0.39 is 42.4 Å². The average Bonchev–Trinajstić information content (AvgIpc) is 3.64. The number of benzene rings is 1. The van der Waals surface area contributed by atoms with Crippen LogP contribution in [0.5, 0.6) is 0 Å². The highest BCUT2D eigenvalue weighted by Gasteiger charge is 2.51. The maximum atomic E-state index is 12.1. The molecular weight excluding hydrogens is 580 g/mol. The molecule has 5 rings (SSSR count). The summed E-state index contributed by atoms with van der Waals surface area (Å²) >= 11 is 6.47. The summed E-state index contributed by atoms with van der Waals surface area (Å²) < 4.78 is 28.0. The van der Waals surface area contributed by atoms with Gasteiger partial charge in [0, 0.05) is 27.2 Å². The van der Waals surface area contributed by atoms with Gasteiger partial charge in [-0.1, -0.05) is 37.3 Å². The fourth-order valence-corrected chi connectivity index (χ4v) is 5.37. The van der Waals surface area contributed by atoms with E-state index in [2.05, 4.69) is 38.6 Å². The summed E-state index contributed by atoms with van der Waals surface area (Å²) in [5.41, 5.74) is 1.87. The SMILES string of the molecule is CCCc1n(-c2nc(Cl)nc3c2ncn3[C@@H]2O[C@H](COC(C)=O)[C@@H](OC(C)=O)[C@H]2OC(C)=O)cc[n+]1Cc1ccccc1. The third-order valence-electron chi connectivity index (χ3n) is 6.89. The Labute approximate surface area is 252 Å². The highest BCUT2D eigenvalue weighted by atomic mass is 35.5. The van der Waals surface area contributed by atoms with Crippen LogP contribution in [0.2, 0.25) is 5.28 Å². The molecule has 3 aromatic heterocycles. The van der Waals surface area contributed by atoms with Crippen molar-refractivity contribution < 1.29 is 37.9 Å². The number of carbonyl (C=O) groups is 3. The first kappa shape index (κ1) is 30.1. The summed E-state index contributed by atoms with van der Waals surface area (Å²) in [5, 5.41) is -0.0370. The van der Waals surface area contributed by atoms with Gasteiger partial charge in [-0.05, 0) is 23.6 Å². The third kappa shape index (κ3) is 6.52. The Morgan fingerprint density at radius 1 is 1.02 bits per heavy atom. The molecule has 1 aliphatic heterocycles. The second-order valence-corrected chi connectivity index (χ2v) is 10.4. The van der Waals surface area contributed by atoms with E-state index in [1.807, 2.05) is 35.2 Å². The number of aromatic nitrogens is 6. The van der Waals surface area contributed by atoms with Crippen LogP contribution < -0.4 is 4.57 Å². The number of hydrogen-bond acceptors (Lipinski definition) is 10. The molecule has 1 aromatic carbocycles. The predicted molar refractivity (Wildman–Crippen MR) is 151 cm³/mol. The first-order valence-corrected chi connectivity index (χ1v) is 14.2. The molecule has 0 unspecified atom stereocenters. The number of ether oxygens (including phenoxy) is 4. The molecule has 0 amide bonds. The van der Waals surface area contributed by atoms with Crippen LogP contribution in [-0.4, -0.2) is 66.9 Å². The van der Waals surface area contributed by atoms with Crippen molar-refractivity contribution in [1.29, 1.82) is 0 Å². The first-order chi connectivity index (χ1) is 20.7. The van der Waals surface area contributed by atoms with E-state index in [0.29, 0.717) is 23.5 Å². The van der Waals surface area contributed by atoms with Crippen LogP contribution in [0.15, 0.2) is 49.1 Å².